The molecule has 0 atom stereocenters. The molecule has 63 heteroatoms. The van der Waals surface area contributed by atoms with Crippen molar-refractivity contribution in [3.63, 3.8) is 0 Å². The maximum atomic E-state index is 14.3. The van der Waals surface area contributed by atoms with Gasteiger partial charge in [-0.1, -0.05) is 0 Å². The fourth-order valence-electron chi connectivity index (χ4n) is 11.5. The van der Waals surface area contributed by atoms with Crippen LogP contribution in [0.5, 0.6) is 0 Å². The molecule has 0 radical (unpaired) electrons. The normalized spacial score (nSPS) is 18.2. The molecule has 0 aliphatic carbocycles. The van der Waals surface area contributed by atoms with Gasteiger partial charge in [0, 0.05) is 0 Å². The van der Waals surface area contributed by atoms with Gasteiger partial charge in [-0.05, 0) is 0 Å². The average molecular weight is 2820 g/mol. The quantitative estimate of drug-likeness (QED) is 0.00760. The molecule has 766 valence electrons. The van der Waals surface area contributed by atoms with Crippen LogP contribution < -0.4 is 0 Å². The average Bonchev–Trinajstić information content (AvgIpc) is 1.58. The third-order valence-corrected chi connectivity index (χ3v) is 54.8. The van der Waals surface area contributed by atoms with E-state index >= 15 is 0 Å². The zero-order chi connectivity index (χ0) is 106. The van der Waals surface area contributed by atoms with E-state index in [1.54, 1.807) is 120 Å². The predicted octanol–water partition coefficient (Wildman–Crippen LogP) is 32.1. The van der Waals surface area contributed by atoms with E-state index in [0.717, 1.165) is 6.07 Å². The van der Waals surface area contributed by atoms with Gasteiger partial charge >= 0.3 is 831 Å². The Hall–Kier alpha value is -8.46. The number of hydrogen-bond donors (Lipinski definition) is 0. The Balaban J connectivity index is 0.000000200. The molecular formula is C77H63F28I7N18O10. The molecule has 7 aliphatic rings. The topological polar surface area (TPSA) is 408 Å². The number of carbonyl (C=O) groups excluding carboxylic acids is 3. The standard InChI is InChI=1S/C13H13F4IO.2C12H12F4IN3O.C11H10F4IN3O.2C10H6F4IN3O2.C9H4F4IN3O2/c1-4-12(14,15)13(16,17)18-10-8-6-5-7-9(10)11(2,3)19-18;2*1-10(2)8-5-3-4-6-9(8)17(21-10)12(15,16)11(13,14)7-19-20-18;1-9(2)7-5-3-4-6-8(7)16(20-9)10(12,13)11(14,15)18-19-17;2*11-9(12,5-17-18-16)10(13,14)15-7-4-2-1-3-6(7)8(19)20-15;10-8(11,9(12,13)16-17-15)14-6-4-2-1-3-5(6)7(18)19-14/h4-8H,1H2,2-3H3;2*3-6H,7H2,1-2H3;3-6H,1-2H3;2*1-4H,5H2;1-4H. The van der Waals surface area contributed by atoms with Crippen LogP contribution in [0.15, 0.2) is 213 Å². The molecule has 0 aromatic heterocycles. The Bertz CT molecular complexity index is 5920. The Labute approximate surface area is 823 Å². The van der Waals surface area contributed by atoms with Crippen molar-refractivity contribution in [3.8, 4) is 0 Å². The maximum absolute atomic E-state index is 14.3. The summed E-state index contributed by atoms with van der Waals surface area (Å²) in [5, 5.41) is 13.9. The van der Waals surface area contributed by atoms with E-state index in [1.807, 2.05) is 20.1 Å². The van der Waals surface area contributed by atoms with Gasteiger partial charge in [0.25, 0.3) is 0 Å². The molecule has 0 spiro atoms. The monoisotopic (exact) mass is 2820 g/mol. The molecule has 0 fully saturated rings. The van der Waals surface area contributed by atoms with E-state index in [4.69, 9.17) is 45.5 Å². The van der Waals surface area contributed by atoms with Gasteiger partial charge in [0.05, 0.1) is 0 Å². The molecule has 28 nitrogen and oxygen atoms in total. The SMILES string of the molecule is C=CC(F)(F)C(F)(F)I1OC(C)(C)c2ccccc21.CC1(C)OI(C(F)(F)C(F)(F)CN=[N+]=[N-])c2ccccc21.CC1(C)OI(C(F)(F)C(F)(F)CN=[N+]=[N-])c2ccccc21.CC1(C)OI(C(F)(F)C(F)(F)N=[N+]=[N-])c2ccccc21.[N-]=[N+]=NC(F)(F)C(F)(F)I1OC(=O)c2ccccc21.[N-]=[N+]=NCC(F)(F)C(F)(F)I1OC(=O)c2ccccc21.[N-]=[N+]=NCC(F)(F)C(F)(F)I1OC(=O)c2ccccc21. The molecule has 0 bridgehead atoms. The van der Waals surface area contributed by atoms with Crippen LogP contribution in [0.1, 0.15) is 109 Å². The summed E-state index contributed by atoms with van der Waals surface area (Å²) in [7, 11) is 0. The van der Waals surface area contributed by atoms with Crippen LogP contribution in [0.25, 0.3) is 62.7 Å². The second-order valence-corrected chi connectivity index (χ2v) is 60.3. The summed E-state index contributed by atoms with van der Waals surface area (Å²) in [5.74, 6) is -25.4. The van der Waals surface area contributed by atoms with Crippen molar-refractivity contribution in [1.29, 1.82) is 0 Å². The first kappa shape index (κ1) is 117. The zero-order valence-corrected chi connectivity index (χ0v) is 86.2. The minimum atomic E-state index is -4.94. The van der Waals surface area contributed by atoms with Gasteiger partial charge in [-0.15, -0.1) is 0 Å². The van der Waals surface area contributed by atoms with Crippen molar-refractivity contribution < 1.29 is 159 Å². The fraction of sp³-hybridized carbons (Fsp3) is 0.390. The summed E-state index contributed by atoms with van der Waals surface area (Å²) >= 11 is -28.5. The molecule has 7 aromatic carbocycles. The van der Waals surface area contributed by atoms with Gasteiger partial charge < -0.3 is 0 Å². The Morgan fingerprint density at radius 2 is 0.464 bits per heavy atom. The van der Waals surface area contributed by atoms with Crippen LogP contribution in [-0.4, -0.2) is 113 Å². The van der Waals surface area contributed by atoms with Crippen molar-refractivity contribution in [2.24, 2.45) is 30.7 Å². The van der Waals surface area contributed by atoms with Crippen LogP contribution in [-0.2, 0) is 43.9 Å². The van der Waals surface area contributed by atoms with E-state index in [0.29, 0.717) is 22.3 Å². The van der Waals surface area contributed by atoms with Crippen LogP contribution in [0.4, 0.5) is 123 Å². The molecule has 7 aromatic rings. The molecule has 0 amide bonds. The van der Waals surface area contributed by atoms with Gasteiger partial charge in [0.2, 0.25) is 0 Å². The summed E-state index contributed by atoms with van der Waals surface area (Å²) in [5.41, 5.74) is 45.6. The van der Waals surface area contributed by atoms with E-state index in [9.17, 15) is 137 Å². The molecule has 140 heavy (non-hydrogen) atoms. The molecule has 14 rings (SSSR count). The summed E-state index contributed by atoms with van der Waals surface area (Å²) in [6.45, 7) is 8.87. The summed E-state index contributed by atoms with van der Waals surface area (Å²) in [6, 6.07) is 30.6. The molecule has 0 unspecified atom stereocenters. The molecular weight excluding hydrogens is 2760 g/mol. The molecule has 7 heterocycles. The van der Waals surface area contributed by atoms with Crippen molar-refractivity contribution in [1.82, 2.24) is 0 Å². The predicted molar refractivity (Wildman–Crippen MR) is 501 cm³/mol. The van der Waals surface area contributed by atoms with Gasteiger partial charge in [0.15, 0.2) is 0 Å². The van der Waals surface area contributed by atoms with Gasteiger partial charge in [-0.25, -0.2) is 0 Å². The Morgan fingerprint density at radius 1 is 0.279 bits per heavy atom. The van der Waals surface area contributed by atoms with Gasteiger partial charge in [-0.3, -0.25) is 0 Å². The number of alkyl halides is 35. The second kappa shape index (κ2) is 43.8. The number of benzene rings is 7. The minimum absolute atomic E-state index is 0.00176. The number of fused-ring (bicyclic) bond motifs is 7. The van der Waals surface area contributed by atoms with Crippen molar-refractivity contribution in [3.05, 3.63) is 309 Å². The zero-order valence-electron chi connectivity index (χ0n) is 71.1. The molecule has 0 saturated heterocycles. The fourth-order valence-corrected chi connectivity index (χ4v) is 45.3. The van der Waals surface area contributed by atoms with Crippen molar-refractivity contribution in [2.45, 2.75) is 147 Å². The number of halogens is 35. The first-order chi connectivity index (χ1) is 64.5. The molecule has 7 aliphatic heterocycles. The summed E-state index contributed by atoms with van der Waals surface area (Å²) in [6.07, 6.45) is 0.00176. The first-order valence-electron chi connectivity index (χ1n) is 37.6. The van der Waals surface area contributed by atoms with Crippen LogP contribution in [0.3, 0.4) is 0 Å². The number of azide groups is 6. The van der Waals surface area contributed by atoms with Crippen LogP contribution in [0, 0.1) is 25.0 Å². The summed E-state index contributed by atoms with van der Waals surface area (Å²) in [4.78, 5) is 46.0. The van der Waals surface area contributed by atoms with Crippen LogP contribution in [0.2, 0.25) is 0 Å². The van der Waals surface area contributed by atoms with Gasteiger partial charge in [-0.2, -0.15) is 0 Å². The number of nitrogens with zero attached hydrogens (tertiary/aromatic N) is 18. The van der Waals surface area contributed by atoms with Gasteiger partial charge in [0.1, 0.15) is 0 Å². The number of carbonyl (C=O) groups is 3. The Kier molecular flexibility index (Phi) is 36.6. The third-order valence-electron chi connectivity index (χ3n) is 18.3. The Morgan fingerprint density at radius 3 is 0.686 bits per heavy atom. The van der Waals surface area contributed by atoms with Crippen molar-refractivity contribution in [2.75, 3.05) is 26.2 Å². The van der Waals surface area contributed by atoms with E-state index in [1.165, 1.54) is 109 Å². The van der Waals surface area contributed by atoms with E-state index < -0.39 is 277 Å². The molecule has 0 N–H and O–H groups in total. The second-order valence-electron chi connectivity index (χ2n) is 29.7. The third kappa shape index (κ3) is 23.7. The van der Waals surface area contributed by atoms with E-state index in [-0.39, 0.29) is 47.8 Å². The van der Waals surface area contributed by atoms with Crippen LogP contribution >= 0.6 is 142 Å². The number of allylic oxidation sites excluding steroid dienone is 1. The van der Waals surface area contributed by atoms with Crippen molar-refractivity contribution >= 4 is 160 Å². The summed E-state index contributed by atoms with van der Waals surface area (Å²) < 4.78 is 389. The van der Waals surface area contributed by atoms with E-state index in [2.05, 4.69) is 46.1 Å². The number of rotatable bonds is 25. The first-order valence-corrected chi connectivity index (χ1v) is 58.8. The molecule has 0 saturated carbocycles. The number of hydrogen-bond acceptors (Lipinski definition) is 16.